The fraction of sp³-hybridized carbons (Fsp3) is 0.744. The summed E-state index contributed by atoms with van der Waals surface area (Å²) in [4.78, 5) is 24.5. The summed E-state index contributed by atoms with van der Waals surface area (Å²) in [6, 6.07) is 5.14. The van der Waals surface area contributed by atoms with Gasteiger partial charge in [0.1, 0.15) is 5.75 Å². The molecule has 2 spiro atoms. The van der Waals surface area contributed by atoms with Crippen LogP contribution < -0.4 is 4.74 Å². The van der Waals surface area contributed by atoms with Gasteiger partial charge in [0.15, 0.2) is 0 Å². The van der Waals surface area contributed by atoms with E-state index in [1.165, 1.54) is 76.7 Å². The number of carboxylic acid groups (broad SMARTS) is 1. The minimum Gasteiger partial charge on any atom is -0.478 e. The van der Waals surface area contributed by atoms with Gasteiger partial charge in [0.25, 0.3) is 0 Å². The van der Waals surface area contributed by atoms with Crippen molar-refractivity contribution in [3.8, 4) is 5.75 Å². The van der Waals surface area contributed by atoms with Crippen LogP contribution in [0.15, 0.2) is 24.3 Å². The van der Waals surface area contributed by atoms with E-state index in [1.807, 2.05) is 6.07 Å². The van der Waals surface area contributed by atoms with Crippen LogP contribution in [0.4, 0.5) is 0 Å². The summed E-state index contributed by atoms with van der Waals surface area (Å²) in [6.07, 6.45) is 16.4. The van der Waals surface area contributed by atoms with Gasteiger partial charge in [-0.2, -0.15) is 0 Å². The van der Waals surface area contributed by atoms with Crippen molar-refractivity contribution in [3.63, 3.8) is 0 Å². The summed E-state index contributed by atoms with van der Waals surface area (Å²) in [6.45, 7) is 18.9. The third-order valence-electron chi connectivity index (χ3n) is 14.5. The van der Waals surface area contributed by atoms with Gasteiger partial charge in [-0.3, -0.25) is 4.79 Å². The second-order valence-electron chi connectivity index (χ2n) is 17.2. The number of fused-ring (bicyclic) bond motifs is 2. The molecule has 5 aliphatic carbocycles. The van der Waals surface area contributed by atoms with Gasteiger partial charge >= 0.3 is 11.9 Å². The molecule has 0 aromatic heterocycles. The van der Waals surface area contributed by atoms with Gasteiger partial charge in [-0.1, -0.05) is 73.8 Å². The van der Waals surface area contributed by atoms with Gasteiger partial charge in [0.2, 0.25) is 0 Å². The lowest BCUT2D eigenvalue weighted by atomic mass is 9.41. The number of esters is 1. The number of ether oxygens (including phenoxy) is 1. The zero-order chi connectivity index (χ0) is 31.2. The highest BCUT2D eigenvalue weighted by Gasteiger charge is 2.82. The maximum absolute atomic E-state index is 12.6. The van der Waals surface area contributed by atoms with E-state index in [2.05, 4.69) is 54.5 Å². The first-order chi connectivity index (χ1) is 20.1. The Labute approximate surface area is 260 Å². The van der Waals surface area contributed by atoms with Crippen LogP contribution in [0.3, 0.4) is 0 Å². The zero-order valence-corrected chi connectivity index (χ0v) is 28.1. The summed E-state index contributed by atoms with van der Waals surface area (Å²) in [5.41, 5.74) is 3.47. The average Bonchev–Trinajstić information content (AvgIpc) is 3.50. The molecular weight excluding hydrogens is 532 g/mol. The van der Waals surface area contributed by atoms with Crippen LogP contribution in [0.2, 0.25) is 0 Å². The Bertz CT molecular complexity index is 1340. The normalized spacial score (nSPS) is 39.6. The molecule has 1 N–H and O–H groups in total. The lowest BCUT2D eigenvalue weighted by molar-refractivity contribution is -0.131. The third kappa shape index (κ3) is 4.34. The summed E-state index contributed by atoms with van der Waals surface area (Å²) in [5.74, 6) is 2.73. The monoisotopic (exact) mass is 588 g/mol. The number of hydrogen-bond acceptors (Lipinski definition) is 3. The van der Waals surface area contributed by atoms with E-state index in [-0.39, 0.29) is 22.2 Å². The Hall–Kier alpha value is -2.10. The lowest BCUT2D eigenvalue weighted by Crippen LogP contribution is -2.56. The standard InChI is InChI=1S/C39H56O4/c1-24(2)10-9-11-25(3)30-17-19-37(8)33-15-14-32-35(5,6)18-16-31(39(32)23-38(33,39)21-20-36(30,37)7)29-22-27(43-26(4)40)12-13-28(29)34(41)42/h12-13,16,22,24-25,30,32-33H,9-11,14-15,17-21,23H2,1-8H3,(H,41,42)/t25-,30-,32+,33+,36-,37+,38+,39+/m1/s1. The van der Waals surface area contributed by atoms with E-state index in [1.54, 1.807) is 12.1 Å². The van der Waals surface area contributed by atoms with Gasteiger partial charge in [-0.15, -0.1) is 0 Å². The van der Waals surface area contributed by atoms with Crippen molar-refractivity contribution < 1.29 is 19.4 Å². The van der Waals surface area contributed by atoms with Crippen molar-refractivity contribution in [2.24, 2.45) is 56.7 Å². The first kappa shape index (κ1) is 30.9. The molecule has 4 nitrogen and oxygen atoms in total. The van der Waals surface area contributed by atoms with Gasteiger partial charge in [-0.25, -0.2) is 4.79 Å². The molecule has 0 unspecified atom stereocenters. The van der Waals surface area contributed by atoms with Gasteiger partial charge in [-0.05, 0) is 132 Å². The fourth-order valence-electron chi connectivity index (χ4n) is 12.4. The molecule has 0 saturated heterocycles. The van der Waals surface area contributed by atoms with E-state index >= 15 is 0 Å². The molecule has 0 amide bonds. The second kappa shape index (κ2) is 10.2. The molecule has 8 atom stereocenters. The molecular formula is C39H56O4. The number of benzene rings is 1. The lowest BCUT2D eigenvalue weighted by Gasteiger charge is -2.63. The van der Waals surface area contributed by atoms with Gasteiger partial charge < -0.3 is 9.84 Å². The highest BCUT2D eigenvalue weighted by Crippen LogP contribution is 2.90. The summed E-state index contributed by atoms with van der Waals surface area (Å²) in [5, 5.41) is 10.3. The molecule has 0 aliphatic heterocycles. The van der Waals surface area contributed by atoms with E-state index < -0.39 is 5.97 Å². The molecule has 5 aliphatic rings. The third-order valence-corrected chi connectivity index (χ3v) is 14.5. The predicted octanol–water partition coefficient (Wildman–Crippen LogP) is 10.2. The maximum atomic E-state index is 12.6. The van der Waals surface area contributed by atoms with Crippen LogP contribution in [0, 0.1) is 56.7 Å². The van der Waals surface area contributed by atoms with Crippen LogP contribution in [0.1, 0.15) is 142 Å². The molecule has 1 aromatic carbocycles. The van der Waals surface area contributed by atoms with Crippen molar-refractivity contribution in [1.82, 2.24) is 0 Å². The number of allylic oxidation sites excluding steroid dienone is 2. The van der Waals surface area contributed by atoms with Crippen LogP contribution in [0.5, 0.6) is 5.75 Å². The molecule has 6 rings (SSSR count). The Balaban J connectivity index is 1.40. The van der Waals surface area contributed by atoms with E-state index in [0.29, 0.717) is 34.0 Å². The number of aromatic carboxylic acids is 1. The number of carboxylic acids is 1. The molecule has 1 aromatic rings. The Morgan fingerprint density at radius 2 is 1.67 bits per heavy atom. The minimum absolute atomic E-state index is 0.00200. The SMILES string of the molecule is CC(=O)Oc1ccc(C(=O)O)c(C2=CCC(C)(C)[C@@H]3CC[C@@H]4[C@]5(CC[C@]6(C)[C@@H]([C@H](C)CCCC(C)C)CC[C@@]46C)C[C@]235)c1. The molecule has 236 valence electrons. The first-order valence-corrected chi connectivity index (χ1v) is 17.4. The van der Waals surface area contributed by atoms with Crippen molar-refractivity contribution >= 4 is 17.5 Å². The highest BCUT2D eigenvalue weighted by atomic mass is 16.5. The van der Waals surface area contributed by atoms with Crippen LogP contribution in [0.25, 0.3) is 5.57 Å². The summed E-state index contributed by atoms with van der Waals surface area (Å²) < 4.78 is 5.51. The smallest absolute Gasteiger partial charge is 0.336 e. The average molecular weight is 589 g/mol. The molecule has 43 heavy (non-hydrogen) atoms. The van der Waals surface area contributed by atoms with Crippen LogP contribution >= 0.6 is 0 Å². The Morgan fingerprint density at radius 3 is 2.35 bits per heavy atom. The quantitative estimate of drug-likeness (QED) is 0.242. The molecule has 0 bridgehead atoms. The minimum atomic E-state index is -0.904. The largest absolute Gasteiger partial charge is 0.478 e. The molecule has 0 radical (unpaired) electrons. The van der Waals surface area contributed by atoms with Crippen molar-refractivity contribution in [3.05, 3.63) is 35.4 Å². The topological polar surface area (TPSA) is 63.6 Å². The van der Waals surface area contributed by atoms with Crippen molar-refractivity contribution in [2.45, 2.75) is 126 Å². The second-order valence-corrected chi connectivity index (χ2v) is 17.2. The predicted molar refractivity (Wildman–Crippen MR) is 173 cm³/mol. The highest BCUT2D eigenvalue weighted by molar-refractivity contribution is 5.96. The molecule has 4 saturated carbocycles. The Morgan fingerprint density at radius 1 is 0.953 bits per heavy atom. The molecule has 0 heterocycles. The summed E-state index contributed by atoms with van der Waals surface area (Å²) >= 11 is 0. The maximum Gasteiger partial charge on any atom is 0.336 e. The van der Waals surface area contributed by atoms with Crippen molar-refractivity contribution in [1.29, 1.82) is 0 Å². The number of hydrogen-bond donors (Lipinski definition) is 1. The molecule has 4 fully saturated rings. The number of rotatable bonds is 8. The number of carbonyl (C=O) groups excluding carboxylic acids is 1. The van der Waals surface area contributed by atoms with Gasteiger partial charge in [0, 0.05) is 12.3 Å². The Kier molecular flexibility index (Phi) is 7.34. The van der Waals surface area contributed by atoms with Crippen molar-refractivity contribution in [2.75, 3.05) is 0 Å². The van der Waals surface area contributed by atoms with Gasteiger partial charge in [0.05, 0.1) is 5.56 Å². The van der Waals surface area contributed by atoms with E-state index in [4.69, 9.17) is 4.74 Å². The van der Waals surface area contributed by atoms with Crippen LogP contribution in [-0.2, 0) is 4.79 Å². The fourth-order valence-corrected chi connectivity index (χ4v) is 12.4. The molecule has 4 heteroatoms. The van der Waals surface area contributed by atoms with E-state index in [0.717, 1.165) is 29.7 Å². The number of carbonyl (C=O) groups is 2. The first-order valence-electron chi connectivity index (χ1n) is 17.4. The zero-order valence-electron chi connectivity index (χ0n) is 28.1. The summed E-state index contributed by atoms with van der Waals surface area (Å²) in [7, 11) is 0. The van der Waals surface area contributed by atoms with Crippen LogP contribution in [-0.4, -0.2) is 17.0 Å². The van der Waals surface area contributed by atoms with E-state index in [9.17, 15) is 14.7 Å².